The molecule has 0 saturated heterocycles. The van der Waals surface area contributed by atoms with E-state index < -0.39 is 21.2 Å². The molecular formula is C13H10FNO4S. The number of benzene rings is 2. The van der Waals surface area contributed by atoms with Crippen LogP contribution in [-0.2, 0) is 10.2 Å². The van der Waals surface area contributed by atoms with Crippen molar-refractivity contribution in [3.8, 4) is 0 Å². The van der Waals surface area contributed by atoms with Gasteiger partial charge in [0.2, 0.25) is 0 Å². The monoisotopic (exact) mass is 295 g/mol. The second-order valence-electron chi connectivity index (χ2n) is 3.89. The highest BCUT2D eigenvalue weighted by Gasteiger charge is 2.18. The average Bonchev–Trinajstić information content (AvgIpc) is 2.39. The predicted octanol–water partition coefficient (Wildman–Crippen LogP) is 3.16. The van der Waals surface area contributed by atoms with Crippen LogP contribution >= 0.6 is 0 Å². The molecule has 0 aromatic heterocycles. The Morgan fingerprint density at radius 2 is 1.45 bits per heavy atom. The van der Waals surface area contributed by atoms with Gasteiger partial charge in [-0.05, 0) is 36.4 Å². The molecular weight excluding hydrogens is 285 g/mol. The summed E-state index contributed by atoms with van der Waals surface area (Å²) in [5, 5.41) is 9.24. The van der Waals surface area contributed by atoms with Crippen molar-refractivity contribution in [3.05, 3.63) is 54.6 Å². The van der Waals surface area contributed by atoms with Gasteiger partial charge < -0.3 is 5.11 Å². The Morgan fingerprint density at radius 1 is 0.950 bits per heavy atom. The number of carbonyl (C=O) groups is 1. The van der Waals surface area contributed by atoms with Crippen molar-refractivity contribution >= 4 is 27.7 Å². The first-order valence-electron chi connectivity index (χ1n) is 5.52. The van der Waals surface area contributed by atoms with Crippen molar-refractivity contribution in [1.29, 1.82) is 0 Å². The molecule has 104 valence electrons. The third-order valence-corrected chi connectivity index (χ3v) is 3.42. The molecule has 0 heterocycles. The third kappa shape index (κ3) is 2.94. The molecule has 0 saturated carbocycles. The van der Waals surface area contributed by atoms with Gasteiger partial charge in [-0.3, -0.25) is 0 Å². The summed E-state index contributed by atoms with van der Waals surface area (Å²) in [7, 11) is -4.80. The Morgan fingerprint density at radius 3 is 1.90 bits per heavy atom. The molecule has 0 bridgehead atoms. The minimum atomic E-state index is -4.80. The fourth-order valence-corrected chi connectivity index (χ4v) is 2.17. The molecule has 0 atom stereocenters. The number of hydrogen-bond donors (Lipinski definition) is 1. The first kappa shape index (κ1) is 14.0. The van der Waals surface area contributed by atoms with Crippen LogP contribution in [0.25, 0.3) is 0 Å². The van der Waals surface area contributed by atoms with Crippen LogP contribution in [0.1, 0.15) is 0 Å². The molecule has 0 spiro atoms. The summed E-state index contributed by atoms with van der Waals surface area (Å²) in [6, 6.07) is 12.8. The van der Waals surface area contributed by atoms with Crippen molar-refractivity contribution in [3.63, 3.8) is 0 Å². The van der Waals surface area contributed by atoms with Crippen LogP contribution in [0.3, 0.4) is 0 Å². The van der Waals surface area contributed by atoms with Gasteiger partial charge in [0.25, 0.3) is 0 Å². The van der Waals surface area contributed by atoms with Gasteiger partial charge in [0.05, 0.1) is 16.3 Å². The molecule has 20 heavy (non-hydrogen) atoms. The SMILES string of the molecule is O=C(O)N(c1ccccc1)c1ccc(S(=O)(=O)F)cc1. The fourth-order valence-electron chi connectivity index (χ4n) is 1.70. The van der Waals surface area contributed by atoms with Crippen LogP contribution in [-0.4, -0.2) is 19.6 Å². The molecule has 1 N–H and O–H groups in total. The van der Waals surface area contributed by atoms with Gasteiger partial charge in [0, 0.05) is 0 Å². The predicted molar refractivity (Wildman–Crippen MR) is 71.3 cm³/mol. The zero-order chi connectivity index (χ0) is 14.8. The molecule has 5 nitrogen and oxygen atoms in total. The van der Waals surface area contributed by atoms with Gasteiger partial charge in [-0.1, -0.05) is 18.2 Å². The van der Waals surface area contributed by atoms with Gasteiger partial charge in [0.15, 0.2) is 0 Å². The summed E-state index contributed by atoms with van der Waals surface area (Å²) in [6.07, 6.45) is -1.23. The molecule has 0 radical (unpaired) electrons. The number of hydrogen-bond acceptors (Lipinski definition) is 3. The Kier molecular flexibility index (Phi) is 3.71. The van der Waals surface area contributed by atoms with Crippen molar-refractivity contribution in [1.82, 2.24) is 0 Å². The summed E-state index contributed by atoms with van der Waals surface area (Å²) in [5.74, 6) is 0. The van der Waals surface area contributed by atoms with Gasteiger partial charge >= 0.3 is 16.3 Å². The molecule has 2 aromatic rings. The molecule has 0 unspecified atom stereocenters. The lowest BCUT2D eigenvalue weighted by Crippen LogP contribution is -2.23. The molecule has 0 aliphatic heterocycles. The zero-order valence-electron chi connectivity index (χ0n) is 10.1. The van der Waals surface area contributed by atoms with Gasteiger partial charge in [-0.15, -0.1) is 3.89 Å². The van der Waals surface area contributed by atoms with Crippen LogP contribution in [0.4, 0.5) is 20.1 Å². The maximum Gasteiger partial charge on any atom is 0.416 e. The number of amides is 1. The van der Waals surface area contributed by atoms with E-state index >= 15 is 0 Å². The summed E-state index contributed by atoms with van der Waals surface area (Å²) >= 11 is 0. The van der Waals surface area contributed by atoms with Gasteiger partial charge in [-0.25, -0.2) is 9.69 Å². The largest absolute Gasteiger partial charge is 0.464 e. The van der Waals surface area contributed by atoms with Crippen molar-refractivity contribution in [2.75, 3.05) is 4.90 Å². The highest BCUT2D eigenvalue weighted by Crippen LogP contribution is 2.26. The Balaban J connectivity index is 2.44. The number of rotatable bonds is 3. The van der Waals surface area contributed by atoms with Gasteiger partial charge in [-0.2, -0.15) is 8.42 Å². The Labute approximate surface area is 115 Å². The highest BCUT2D eigenvalue weighted by atomic mass is 32.3. The topological polar surface area (TPSA) is 74.7 Å². The van der Waals surface area contributed by atoms with E-state index in [1.807, 2.05) is 0 Å². The standard InChI is InChI=1S/C13H10FNO4S/c14-20(18,19)12-8-6-11(7-9-12)15(13(16)17)10-4-2-1-3-5-10/h1-9H,(H,16,17). The maximum atomic E-state index is 12.8. The van der Waals surface area contributed by atoms with Crippen LogP contribution in [0.15, 0.2) is 59.5 Å². The third-order valence-electron chi connectivity index (χ3n) is 2.58. The summed E-state index contributed by atoms with van der Waals surface area (Å²) in [5.41, 5.74) is 0.618. The van der Waals surface area contributed by atoms with E-state index in [1.165, 1.54) is 12.1 Å². The molecule has 1 amide bonds. The Hall–Kier alpha value is -2.41. The minimum absolute atomic E-state index is 0.219. The smallest absolute Gasteiger partial charge is 0.416 e. The average molecular weight is 295 g/mol. The van der Waals surface area contributed by atoms with Crippen molar-refractivity contribution in [2.45, 2.75) is 4.90 Å². The Bertz CT molecular complexity index is 714. The summed E-state index contributed by atoms with van der Waals surface area (Å²) in [6.45, 7) is 0. The van der Waals surface area contributed by atoms with E-state index in [4.69, 9.17) is 0 Å². The van der Waals surface area contributed by atoms with E-state index in [0.29, 0.717) is 5.69 Å². The van der Waals surface area contributed by atoms with Crippen molar-refractivity contribution < 1.29 is 22.2 Å². The van der Waals surface area contributed by atoms with E-state index in [2.05, 4.69) is 0 Å². The molecule has 7 heteroatoms. The lowest BCUT2D eigenvalue weighted by atomic mass is 10.2. The first-order valence-corrected chi connectivity index (χ1v) is 6.91. The van der Waals surface area contributed by atoms with Crippen LogP contribution in [0.5, 0.6) is 0 Å². The van der Waals surface area contributed by atoms with Crippen LogP contribution in [0.2, 0.25) is 0 Å². The number of para-hydroxylation sites is 1. The quantitative estimate of drug-likeness (QED) is 0.883. The molecule has 0 aliphatic rings. The zero-order valence-corrected chi connectivity index (χ0v) is 10.9. The van der Waals surface area contributed by atoms with E-state index in [9.17, 15) is 22.2 Å². The fraction of sp³-hybridized carbons (Fsp3) is 0. The van der Waals surface area contributed by atoms with E-state index in [-0.39, 0.29) is 5.69 Å². The number of anilines is 2. The van der Waals surface area contributed by atoms with Gasteiger partial charge in [0.1, 0.15) is 0 Å². The maximum absolute atomic E-state index is 12.8. The van der Waals surface area contributed by atoms with E-state index in [0.717, 1.165) is 17.0 Å². The molecule has 0 fully saturated rings. The molecule has 2 rings (SSSR count). The van der Waals surface area contributed by atoms with Crippen molar-refractivity contribution in [2.24, 2.45) is 0 Å². The molecule has 0 aliphatic carbocycles. The lowest BCUT2D eigenvalue weighted by molar-refractivity contribution is 0.205. The number of halogens is 1. The lowest BCUT2D eigenvalue weighted by Gasteiger charge is -2.19. The summed E-state index contributed by atoms with van der Waals surface area (Å²) < 4.78 is 34.2. The summed E-state index contributed by atoms with van der Waals surface area (Å²) in [4.78, 5) is 11.8. The normalized spacial score (nSPS) is 11.1. The minimum Gasteiger partial charge on any atom is -0.464 e. The number of carboxylic acid groups (broad SMARTS) is 1. The highest BCUT2D eigenvalue weighted by molar-refractivity contribution is 7.86. The first-order chi connectivity index (χ1) is 9.39. The van der Waals surface area contributed by atoms with Crippen LogP contribution in [0, 0.1) is 0 Å². The number of nitrogens with zero attached hydrogens (tertiary/aromatic N) is 1. The second kappa shape index (κ2) is 5.30. The second-order valence-corrected chi connectivity index (χ2v) is 5.23. The van der Waals surface area contributed by atoms with Crippen LogP contribution < -0.4 is 4.90 Å². The van der Waals surface area contributed by atoms with E-state index in [1.54, 1.807) is 30.3 Å². The molecule has 2 aromatic carbocycles.